The summed E-state index contributed by atoms with van der Waals surface area (Å²) in [5, 5.41) is 1.79. The summed E-state index contributed by atoms with van der Waals surface area (Å²) in [6.45, 7) is 0. The first-order valence-corrected chi connectivity index (χ1v) is 3.87. The third kappa shape index (κ3) is 1.17. The van der Waals surface area contributed by atoms with Gasteiger partial charge in [0.15, 0.2) is 4.96 Å². The second-order valence-corrected chi connectivity index (χ2v) is 2.95. The zero-order chi connectivity index (χ0) is 7.84. The van der Waals surface area contributed by atoms with Gasteiger partial charge < -0.3 is 5.73 Å². The van der Waals surface area contributed by atoms with Crippen molar-refractivity contribution in [2.75, 3.05) is 5.73 Å². The number of halogens is 1. The first-order valence-electron chi connectivity index (χ1n) is 2.99. The smallest absolute Gasteiger partial charge is 0.281 e. The highest BCUT2D eigenvalue weighted by atomic mass is 35.5. The standard InChI is InChI=1S/C6H5N3OS.ClH/c7-4-3-8-6-9(5(4)10)1-2-11-6;/h1-3H,7H2;1H. The molecule has 0 atom stereocenters. The number of nitrogens with zero attached hydrogens (tertiary/aromatic N) is 2. The van der Waals surface area contributed by atoms with Gasteiger partial charge in [0.25, 0.3) is 5.56 Å². The Morgan fingerprint density at radius 2 is 2.33 bits per heavy atom. The Hall–Kier alpha value is -1.07. The fourth-order valence-electron chi connectivity index (χ4n) is 0.839. The average molecular weight is 204 g/mol. The van der Waals surface area contributed by atoms with Gasteiger partial charge in [0.1, 0.15) is 5.69 Å². The van der Waals surface area contributed by atoms with Crippen LogP contribution < -0.4 is 11.3 Å². The zero-order valence-electron chi connectivity index (χ0n) is 5.93. The van der Waals surface area contributed by atoms with Crippen LogP contribution in [0.5, 0.6) is 0 Å². The monoisotopic (exact) mass is 203 g/mol. The quantitative estimate of drug-likeness (QED) is 0.688. The fraction of sp³-hybridized carbons (Fsp3) is 0. The Bertz CT molecular complexity index is 449. The highest BCUT2D eigenvalue weighted by molar-refractivity contribution is 7.15. The zero-order valence-corrected chi connectivity index (χ0v) is 7.56. The number of thiazole rings is 1. The third-order valence-corrected chi connectivity index (χ3v) is 2.14. The van der Waals surface area contributed by atoms with Crippen molar-refractivity contribution in [2.45, 2.75) is 0 Å². The van der Waals surface area contributed by atoms with E-state index in [9.17, 15) is 4.79 Å². The van der Waals surface area contributed by atoms with E-state index in [1.165, 1.54) is 21.9 Å². The lowest BCUT2D eigenvalue weighted by atomic mass is 10.5. The van der Waals surface area contributed by atoms with Crippen LogP contribution in [0, 0.1) is 0 Å². The molecule has 0 aliphatic carbocycles. The van der Waals surface area contributed by atoms with Gasteiger partial charge in [0, 0.05) is 11.6 Å². The molecule has 0 saturated heterocycles. The Labute approximate surface area is 78.1 Å². The Balaban J connectivity index is 0.000000720. The number of nitrogens with two attached hydrogens (primary N) is 1. The molecule has 2 aromatic heterocycles. The minimum Gasteiger partial charge on any atom is -0.393 e. The van der Waals surface area contributed by atoms with Crippen molar-refractivity contribution in [3.8, 4) is 0 Å². The van der Waals surface area contributed by atoms with Gasteiger partial charge in [0.05, 0.1) is 6.20 Å². The molecule has 0 unspecified atom stereocenters. The van der Waals surface area contributed by atoms with Gasteiger partial charge in [-0.1, -0.05) is 0 Å². The molecule has 4 nitrogen and oxygen atoms in total. The summed E-state index contributed by atoms with van der Waals surface area (Å²) >= 11 is 1.41. The maximum Gasteiger partial charge on any atom is 0.281 e. The van der Waals surface area contributed by atoms with Crippen molar-refractivity contribution in [1.82, 2.24) is 9.38 Å². The molecule has 0 aliphatic heterocycles. The number of hydrogen-bond acceptors (Lipinski definition) is 4. The summed E-state index contributed by atoms with van der Waals surface area (Å²) < 4.78 is 1.43. The van der Waals surface area contributed by atoms with Crippen LogP contribution in [0.1, 0.15) is 0 Å². The molecular weight excluding hydrogens is 198 g/mol. The maximum atomic E-state index is 11.2. The van der Waals surface area contributed by atoms with E-state index in [0.29, 0.717) is 4.96 Å². The first kappa shape index (κ1) is 9.02. The van der Waals surface area contributed by atoms with Gasteiger partial charge in [-0.3, -0.25) is 9.20 Å². The molecule has 2 heterocycles. The summed E-state index contributed by atoms with van der Waals surface area (Å²) in [4.78, 5) is 15.8. The Morgan fingerprint density at radius 3 is 3.08 bits per heavy atom. The van der Waals surface area contributed by atoms with E-state index in [0.717, 1.165) is 0 Å². The molecule has 2 rings (SSSR count). The van der Waals surface area contributed by atoms with Gasteiger partial charge in [-0.25, -0.2) is 4.98 Å². The van der Waals surface area contributed by atoms with Gasteiger partial charge in [-0.15, -0.1) is 23.7 Å². The van der Waals surface area contributed by atoms with Crippen LogP contribution in [0.4, 0.5) is 5.69 Å². The molecule has 0 spiro atoms. The van der Waals surface area contributed by atoms with E-state index in [1.54, 1.807) is 11.6 Å². The van der Waals surface area contributed by atoms with Crippen LogP contribution in [-0.2, 0) is 0 Å². The fourth-order valence-corrected chi connectivity index (χ4v) is 1.51. The summed E-state index contributed by atoms with van der Waals surface area (Å²) in [5.41, 5.74) is 5.34. The SMILES string of the molecule is Cl.Nc1cnc2sccn2c1=O. The van der Waals surface area contributed by atoms with Crippen LogP contribution in [0.15, 0.2) is 22.6 Å². The lowest BCUT2D eigenvalue weighted by Crippen LogP contribution is -2.15. The van der Waals surface area contributed by atoms with Gasteiger partial charge >= 0.3 is 0 Å². The predicted molar refractivity (Wildman–Crippen MR) is 51.0 cm³/mol. The average Bonchev–Trinajstić information content (AvgIpc) is 2.45. The van der Waals surface area contributed by atoms with Gasteiger partial charge in [0.2, 0.25) is 0 Å². The minimum absolute atomic E-state index is 0. The summed E-state index contributed by atoms with van der Waals surface area (Å²) in [7, 11) is 0. The normalized spacial score (nSPS) is 9.67. The Morgan fingerprint density at radius 1 is 1.58 bits per heavy atom. The van der Waals surface area contributed by atoms with Crippen LogP contribution >= 0.6 is 23.7 Å². The molecule has 6 heteroatoms. The number of anilines is 1. The molecule has 2 aromatic rings. The molecule has 0 fully saturated rings. The van der Waals surface area contributed by atoms with Crippen molar-refractivity contribution in [3.63, 3.8) is 0 Å². The molecule has 64 valence electrons. The van der Waals surface area contributed by atoms with Crippen molar-refractivity contribution in [1.29, 1.82) is 0 Å². The molecule has 0 saturated carbocycles. The van der Waals surface area contributed by atoms with Crippen LogP contribution in [-0.4, -0.2) is 9.38 Å². The number of aromatic nitrogens is 2. The summed E-state index contributed by atoms with van der Waals surface area (Å²) in [6.07, 6.45) is 3.04. The van der Waals surface area contributed by atoms with E-state index < -0.39 is 0 Å². The molecule has 0 radical (unpaired) electrons. The lowest BCUT2D eigenvalue weighted by molar-refractivity contribution is 1.08. The van der Waals surface area contributed by atoms with Crippen molar-refractivity contribution >= 4 is 34.4 Å². The predicted octanol–water partition coefficient (Wildman–Crippen LogP) is 0.760. The maximum absolute atomic E-state index is 11.2. The van der Waals surface area contributed by atoms with E-state index in [1.807, 2.05) is 0 Å². The minimum atomic E-state index is -0.198. The molecule has 12 heavy (non-hydrogen) atoms. The highest BCUT2D eigenvalue weighted by Crippen LogP contribution is 2.05. The Kier molecular flexibility index (Phi) is 2.35. The molecular formula is C6H6ClN3OS. The van der Waals surface area contributed by atoms with Crippen LogP contribution in [0.2, 0.25) is 0 Å². The second kappa shape index (κ2) is 3.12. The highest BCUT2D eigenvalue weighted by Gasteiger charge is 1.99. The van der Waals surface area contributed by atoms with Crippen LogP contribution in [0.25, 0.3) is 4.96 Å². The first-order chi connectivity index (χ1) is 5.29. The number of nitrogen functional groups attached to an aromatic ring is 1. The van der Waals surface area contributed by atoms with E-state index >= 15 is 0 Å². The molecule has 0 amide bonds. The number of fused-ring (bicyclic) bond motifs is 1. The third-order valence-electron chi connectivity index (χ3n) is 1.37. The summed E-state index contributed by atoms with van der Waals surface area (Å²) in [6, 6.07) is 0. The number of hydrogen-bond donors (Lipinski definition) is 1. The van der Waals surface area contributed by atoms with E-state index in [-0.39, 0.29) is 23.7 Å². The molecule has 0 bridgehead atoms. The molecule has 0 aliphatic rings. The largest absolute Gasteiger partial charge is 0.393 e. The number of rotatable bonds is 0. The van der Waals surface area contributed by atoms with Gasteiger partial charge in [-0.05, 0) is 0 Å². The van der Waals surface area contributed by atoms with Crippen molar-refractivity contribution in [3.05, 3.63) is 28.1 Å². The second-order valence-electron chi connectivity index (χ2n) is 2.07. The van der Waals surface area contributed by atoms with Crippen molar-refractivity contribution in [2.24, 2.45) is 0 Å². The van der Waals surface area contributed by atoms with Crippen molar-refractivity contribution < 1.29 is 0 Å². The van der Waals surface area contributed by atoms with E-state index in [4.69, 9.17) is 5.73 Å². The molecule has 2 N–H and O–H groups in total. The molecule has 0 aromatic carbocycles. The lowest BCUT2D eigenvalue weighted by Gasteiger charge is -1.91. The summed E-state index contributed by atoms with van der Waals surface area (Å²) in [5.74, 6) is 0. The topological polar surface area (TPSA) is 60.4 Å². The van der Waals surface area contributed by atoms with E-state index in [2.05, 4.69) is 4.98 Å². The van der Waals surface area contributed by atoms with Crippen LogP contribution in [0.3, 0.4) is 0 Å². The van der Waals surface area contributed by atoms with Gasteiger partial charge in [-0.2, -0.15) is 0 Å².